The van der Waals surface area contributed by atoms with Crippen LogP contribution >= 0.6 is 47.3 Å². The van der Waals surface area contributed by atoms with Crippen molar-refractivity contribution in [3.63, 3.8) is 0 Å². The molecule has 36 heavy (non-hydrogen) atoms. The van der Waals surface area contributed by atoms with Crippen LogP contribution in [0.15, 0.2) is 99.9 Å². The highest BCUT2D eigenvalue weighted by Gasteiger charge is 2.24. The summed E-state index contributed by atoms with van der Waals surface area (Å²) in [7, 11) is 0. The van der Waals surface area contributed by atoms with Gasteiger partial charge in [-0.2, -0.15) is 5.10 Å². The second kappa shape index (κ2) is 15.8. The van der Waals surface area contributed by atoms with Gasteiger partial charge in [-0.25, -0.2) is 10.0 Å². The lowest BCUT2D eigenvalue weighted by Gasteiger charge is -2.25. The van der Waals surface area contributed by atoms with Crippen LogP contribution < -0.4 is 15.0 Å². The van der Waals surface area contributed by atoms with Gasteiger partial charge in [0.15, 0.2) is 0 Å². The first-order valence-corrected chi connectivity index (χ1v) is 14.0. The molecule has 2 aliphatic rings. The number of nitrogens with zero attached hydrogens (tertiary/aromatic N) is 3. The molecule has 0 aromatic heterocycles. The standard InChI is InChI=1S/C20H20Cl2N4S.C6H6.H4N2S/c21-15-6-4-14(5-7-15)19-12-13-26(24-19)20(23-17-2-1-3-17)25-27-18-10-8-16(22)9-11-18;1-2-4-6-5-3-1;1-3-2/h4-11,17H,1-3,12-13H2,(H,23,25);1-6H;1-2H2. The van der Waals surface area contributed by atoms with Crippen molar-refractivity contribution in [2.24, 2.45) is 20.4 Å². The molecule has 3 aromatic carbocycles. The van der Waals surface area contributed by atoms with Gasteiger partial charge >= 0.3 is 0 Å². The Morgan fingerprint density at radius 2 is 1.42 bits per heavy atom. The number of halogens is 2. The molecule has 6 nitrogen and oxygen atoms in total. The summed E-state index contributed by atoms with van der Waals surface area (Å²) in [4.78, 5) is 5.98. The van der Waals surface area contributed by atoms with E-state index in [2.05, 4.69) is 15.0 Å². The molecule has 5 rings (SSSR count). The van der Waals surface area contributed by atoms with Gasteiger partial charge in [-0.1, -0.05) is 71.7 Å². The Kier molecular flexibility index (Phi) is 12.5. The smallest absolute Gasteiger partial charge is 0.225 e. The zero-order valence-electron chi connectivity index (χ0n) is 19.8. The topological polar surface area (TPSA) is 92.0 Å². The van der Waals surface area contributed by atoms with Gasteiger partial charge in [-0.15, -0.1) is 0 Å². The van der Waals surface area contributed by atoms with E-state index >= 15 is 0 Å². The number of hydrogen-bond donors (Lipinski definition) is 3. The summed E-state index contributed by atoms with van der Waals surface area (Å²) in [5, 5.41) is 17.3. The van der Waals surface area contributed by atoms with Crippen LogP contribution in [0.4, 0.5) is 0 Å². The summed E-state index contributed by atoms with van der Waals surface area (Å²) in [5.74, 6) is 0.823. The van der Waals surface area contributed by atoms with E-state index in [1.54, 1.807) is 0 Å². The molecule has 5 N–H and O–H groups in total. The van der Waals surface area contributed by atoms with Gasteiger partial charge in [0.25, 0.3) is 0 Å². The van der Waals surface area contributed by atoms with E-state index in [1.165, 1.54) is 18.4 Å². The summed E-state index contributed by atoms with van der Waals surface area (Å²) in [6.45, 7) is 0.817. The average molecular weight is 562 g/mol. The molecule has 190 valence electrons. The molecule has 1 fully saturated rings. The van der Waals surface area contributed by atoms with E-state index in [4.69, 9.17) is 33.3 Å². The van der Waals surface area contributed by atoms with Crippen LogP contribution in [0.3, 0.4) is 0 Å². The van der Waals surface area contributed by atoms with E-state index in [9.17, 15) is 0 Å². The van der Waals surface area contributed by atoms with Crippen LogP contribution in [0.25, 0.3) is 0 Å². The third-order valence-corrected chi connectivity index (χ3v) is 6.64. The van der Waals surface area contributed by atoms with Crippen molar-refractivity contribution >= 4 is 59.0 Å². The second-order valence-electron chi connectivity index (χ2n) is 7.91. The quantitative estimate of drug-likeness (QED) is 0.185. The number of guanidine groups is 1. The number of rotatable bonds is 4. The molecule has 0 spiro atoms. The predicted octanol–water partition coefficient (Wildman–Crippen LogP) is 6.76. The van der Waals surface area contributed by atoms with E-state index in [-0.39, 0.29) is 0 Å². The second-order valence-corrected chi connectivity index (χ2v) is 9.94. The van der Waals surface area contributed by atoms with E-state index in [0.717, 1.165) is 70.1 Å². The van der Waals surface area contributed by atoms with Gasteiger partial charge in [0, 0.05) is 21.4 Å². The zero-order chi connectivity index (χ0) is 25.6. The van der Waals surface area contributed by atoms with Crippen LogP contribution in [0.1, 0.15) is 31.2 Å². The Morgan fingerprint density at radius 3 is 1.92 bits per heavy atom. The number of nitrogens with two attached hydrogens (primary N) is 2. The van der Waals surface area contributed by atoms with E-state index < -0.39 is 0 Å². The Balaban J connectivity index is 0.000000341. The van der Waals surface area contributed by atoms with Crippen molar-refractivity contribution in [2.45, 2.75) is 36.6 Å². The van der Waals surface area contributed by atoms with Crippen molar-refractivity contribution in [1.82, 2.24) is 9.73 Å². The highest BCUT2D eigenvalue weighted by atomic mass is 35.5. The van der Waals surface area contributed by atoms with Gasteiger partial charge in [-0.3, -0.25) is 15.0 Å². The number of benzene rings is 3. The molecule has 1 saturated carbocycles. The summed E-state index contributed by atoms with van der Waals surface area (Å²) in [6.07, 6.45) is 4.44. The van der Waals surface area contributed by atoms with Crippen LogP contribution in [-0.2, 0) is 0 Å². The summed E-state index contributed by atoms with van der Waals surface area (Å²) in [6, 6.07) is 28.0. The van der Waals surface area contributed by atoms with Crippen molar-refractivity contribution in [1.29, 1.82) is 0 Å². The molecule has 0 bridgehead atoms. The molecule has 1 heterocycles. The first kappa shape index (κ1) is 28.4. The molecule has 10 heteroatoms. The molecule has 1 aliphatic carbocycles. The lowest BCUT2D eigenvalue weighted by atomic mass is 9.94. The molecular formula is C26H30Cl2N6S2. The number of nitrogens with one attached hydrogen (secondary N) is 1. The molecule has 0 amide bonds. The third kappa shape index (κ3) is 9.69. The molecule has 3 aromatic rings. The maximum Gasteiger partial charge on any atom is 0.225 e. The van der Waals surface area contributed by atoms with Crippen LogP contribution in [-0.4, -0.2) is 29.3 Å². The normalized spacial score (nSPS) is 15.1. The van der Waals surface area contributed by atoms with Crippen LogP contribution in [0, 0.1) is 0 Å². The fourth-order valence-corrected chi connectivity index (χ4v) is 4.17. The molecular weight excluding hydrogens is 531 g/mol. The molecule has 0 unspecified atom stereocenters. The zero-order valence-corrected chi connectivity index (χ0v) is 22.9. The average Bonchev–Trinajstić information content (AvgIpc) is 3.37. The predicted molar refractivity (Wildman–Crippen MR) is 157 cm³/mol. The lowest BCUT2D eigenvalue weighted by Crippen LogP contribution is -2.35. The maximum atomic E-state index is 6.00. The van der Waals surface area contributed by atoms with Gasteiger partial charge in [0.05, 0.1) is 18.3 Å². The van der Waals surface area contributed by atoms with Crippen molar-refractivity contribution < 1.29 is 0 Å². The van der Waals surface area contributed by atoms with Gasteiger partial charge in [0.1, 0.15) is 0 Å². The number of hydrazone groups is 1. The lowest BCUT2D eigenvalue weighted by molar-refractivity contribution is 0.403. The fraction of sp³-hybridized carbons (Fsp3) is 0.231. The summed E-state index contributed by atoms with van der Waals surface area (Å²) in [5.41, 5.74) is 2.17. The maximum absolute atomic E-state index is 6.00. The monoisotopic (exact) mass is 560 g/mol. The first-order chi connectivity index (χ1) is 17.6. The minimum Gasteiger partial charge on any atom is -0.295 e. The summed E-state index contributed by atoms with van der Waals surface area (Å²) >= 11 is 14.2. The van der Waals surface area contributed by atoms with Gasteiger partial charge in [-0.05, 0) is 85.3 Å². The van der Waals surface area contributed by atoms with E-state index in [1.807, 2.05) is 89.9 Å². The van der Waals surface area contributed by atoms with Crippen molar-refractivity contribution in [3.05, 3.63) is 101 Å². The molecule has 0 saturated heterocycles. The Bertz CT molecular complexity index is 1060. The molecule has 0 atom stereocenters. The van der Waals surface area contributed by atoms with Crippen molar-refractivity contribution in [3.8, 4) is 0 Å². The van der Waals surface area contributed by atoms with Crippen LogP contribution in [0.2, 0.25) is 10.0 Å². The minimum absolute atomic E-state index is 0.396. The fourth-order valence-electron chi connectivity index (χ4n) is 3.28. The molecule has 0 radical (unpaired) electrons. The minimum atomic E-state index is 0.396. The molecule has 1 aliphatic heterocycles. The van der Waals surface area contributed by atoms with Gasteiger partial charge < -0.3 is 0 Å². The summed E-state index contributed by atoms with van der Waals surface area (Å²) < 4.78 is 3.40. The Hall–Kier alpha value is -2.20. The van der Waals surface area contributed by atoms with Crippen molar-refractivity contribution in [2.75, 3.05) is 6.54 Å². The SMILES string of the molecule is Clc1ccc(SNC(=NC2CCC2)N2CCC(c3ccc(Cl)cc3)=N2)cc1.NSN.c1ccccc1. The van der Waals surface area contributed by atoms with E-state index in [0.29, 0.717) is 6.04 Å². The van der Waals surface area contributed by atoms with Gasteiger partial charge in [0.2, 0.25) is 5.96 Å². The Labute approximate surface area is 231 Å². The Morgan fingerprint density at radius 1 is 0.889 bits per heavy atom. The largest absolute Gasteiger partial charge is 0.295 e. The van der Waals surface area contributed by atoms with Crippen LogP contribution in [0.5, 0.6) is 0 Å². The first-order valence-electron chi connectivity index (χ1n) is 11.5. The third-order valence-electron chi connectivity index (χ3n) is 5.34. The number of hydrogen-bond acceptors (Lipinski definition) is 6. The highest BCUT2D eigenvalue weighted by molar-refractivity contribution is 7.98. The highest BCUT2D eigenvalue weighted by Crippen LogP contribution is 2.25. The number of aliphatic imine (C=N–C) groups is 1.